The zero-order chi connectivity index (χ0) is 23.9. The Morgan fingerprint density at radius 1 is 1.09 bits per heavy atom. The number of rotatable bonds is 9. The lowest BCUT2D eigenvalue weighted by Crippen LogP contribution is -2.18. The molecule has 3 heterocycles. The first-order valence-corrected chi connectivity index (χ1v) is 11.0. The molecular formula is C25H25N5O4. The van der Waals surface area contributed by atoms with E-state index in [2.05, 4.69) is 20.4 Å². The maximum atomic E-state index is 12.3. The van der Waals surface area contributed by atoms with E-state index < -0.39 is 5.97 Å². The number of amides is 1. The standard InChI is InChI=1S/C25H25N5O4/c1-3-20-19(25(32)34-4-2)12-18(13-26-20)21-10-11-23-27-22(14-30(23)29-21)28-24(31)16-33-15-17-8-6-5-7-9-17/h5-14H,3-4,15-16H2,1-2H3,(H,28,31). The average molecular weight is 460 g/mol. The number of aryl methyl sites for hydroxylation is 1. The molecule has 0 radical (unpaired) electrons. The van der Waals surface area contributed by atoms with E-state index >= 15 is 0 Å². The van der Waals surface area contributed by atoms with Gasteiger partial charge in [-0.2, -0.15) is 5.10 Å². The number of hydrogen-bond acceptors (Lipinski definition) is 7. The third-order valence-corrected chi connectivity index (χ3v) is 5.03. The number of esters is 1. The molecule has 4 aromatic rings. The van der Waals surface area contributed by atoms with Crippen LogP contribution in [0, 0.1) is 0 Å². The number of hydrogen-bond donors (Lipinski definition) is 1. The first-order valence-electron chi connectivity index (χ1n) is 11.0. The van der Waals surface area contributed by atoms with Crippen molar-refractivity contribution in [2.24, 2.45) is 0 Å². The second-order valence-corrected chi connectivity index (χ2v) is 7.47. The summed E-state index contributed by atoms with van der Waals surface area (Å²) in [5.41, 5.74) is 3.94. The Balaban J connectivity index is 1.46. The fraction of sp³-hybridized carbons (Fsp3) is 0.240. The highest BCUT2D eigenvalue weighted by molar-refractivity contribution is 5.92. The van der Waals surface area contributed by atoms with Crippen LogP contribution in [-0.2, 0) is 27.3 Å². The van der Waals surface area contributed by atoms with Gasteiger partial charge in [0, 0.05) is 11.8 Å². The number of fused-ring (bicyclic) bond motifs is 1. The first-order chi connectivity index (χ1) is 16.6. The first kappa shape index (κ1) is 23.1. The van der Waals surface area contributed by atoms with Gasteiger partial charge in [0.1, 0.15) is 6.61 Å². The van der Waals surface area contributed by atoms with Crippen molar-refractivity contribution >= 4 is 23.3 Å². The van der Waals surface area contributed by atoms with Crippen molar-refractivity contribution in [1.29, 1.82) is 0 Å². The van der Waals surface area contributed by atoms with E-state index in [1.54, 1.807) is 42.0 Å². The van der Waals surface area contributed by atoms with Crippen LogP contribution in [0.2, 0.25) is 0 Å². The molecule has 174 valence electrons. The second-order valence-electron chi connectivity index (χ2n) is 7.47. The summed E-state index contributed by atoms with van der Waals surface area (Å²) >= 11 is 0. The molecule has 4 rings (SSSR count). The smallest absolute Gasteiger partial charge is 0.340 e. The zero-order valence-corrected chi connectivity index (χ0v) is 19.0. The van der Waals surface area contributed by atoms with Gasteiger partial charge >= 0.3 is 5.97 Å². The number of carbonyl (C=O) groups is 2. The lowest BCUT2D eigenvalue weighted by atomic mass is 10.1. The van der Waals surface area contributed by atoms with Crippen molar-refractivity contribution in [3.63, 3.8) is 0 Å². The van der Waals surface area contributed by atoms with Crippen LogP contribution < -0.4 is 5.32 Å². The van der Waals surface area contributed by atoms with Crippen molar-refractivity contribution in [2.45, 2.75) is 26.9 Å². The van der Waals surface area contributed by atoms with Crippen LogP contribution in [-0.4, -0.2) is 44.7 Å². The molecule has 0 saturated carbocycles. The molecule has 9 nitrogen and oxygen atoms in total. The molecule has 0 spiro atoms. The number of imidazole rings is 1. The van der Waals surface area contributed by atoms with Crippen LogP contribution in [0.5, 0.6) is 0 Å². The Kier molecular flexibility index (Phi) is 7.24. The highest BCUT2D eigenvalue weighted by atomic mass is 16.5. The molecule has 0 aliphatic carbocycles. The van der Waals surface area contributed by atoms with Crippen LogP contribution in [0.4, 0.5) is 5.82 Å². The monoisotopic (exact) mass is 459 g/mol. The topological polar surface area (TPSA) is 108 Å². The molecule has 0 aliphatic rings. The van der Waals surface area contributed by atoms with Gasteiger partial charge in [0.2, 0.25) is 0 Å². The predicted octanol–water partition coefficient (Wildman–Crippen LogP) is 3.69. The molecular weight excluding hydrogens is 434 g/mol. The highest BCUT2D eigenvalue weighted by Crippen LogP contribution is 2.21. The maximum Gasteiger partial charge on any atom is 0.340 e. The molecule has 1 N–H and O–H groups in total. The van der Waals surface area contributed by atoms with E-state index in [9.17, 15) is 9.59 Å². The van der Waals surface area contributed by atoms with Crippen LogP contribution >= 0.6 is 0 Å². The van der Waals surface area contributed by atoms with Gasteiger partial charge in [-0.05, 0) is 37.1 Å². The number of pyridine rings is 1. The van der Waals surface area contributed by atoms with Crippen molar-refractivity contribution < 1.29 is 19.1 Å². The van der Waals surface area contributed by atoms with E-state index in [4.69, 9.17) is 9.47 Å². The summed E-state index contributed by atoms with van der Waals surface area (Å²) in [6.07, 6.45) is 3.91. The van der Waals surface area contributed by atoms with E-state index in [1.807, 2.05) is 37.3 Å². The molecule has 9 heteroatoms. The van der Waals surface area contributed by atoms with Gasteiger partial charge in [-0.25, -0.2) is 14.3 Å². The lowest BCUT2D eigenvalue weighted by Gasteiger charge is -2.09. The lowest BCUT2D eigenvalue weighted by molar-refractivity contribution is -0.121. The van der Waals surface area contributed by atoms with Crippen LogP contribution in [0.3, 0.4) is 0 Å². The molecule has 1 amide bonds. The predicted molar refractivity (Wildman–Crippen MR) is 126 cm³/mol. The molecule has 34 heavy (non-hydrogen) atoms. The number of nitrogens with zero attached hydrogens (tertiary/aromatic N) is 4. The van der Waals surface area contributed by atoms with E-state index in [-0.39, 0.29) is 19.1 Å². The number of ether oxygens (including phenoxy) is 2. The van der Waals surface area contributed by atoms with Gasteiger partial charge in [-0.15, -0.1) is 0 Å². The molecule has 0 unspecified atom stereocenters. The Labute approximate surface area is 196 Å². The van der Waals surface area contributed by atoms with Crippen molar-refractivity contribution in [3.05, 3.63) is 77.7 Å². The Bertz CT molecular complexity index is 1300. The van der Waals surface area contributed by atoms with Crippen molar-refractivity contribution in [2.75, 3.05) is 18.5 Å². The largest absolute Gasteiger partial charge is 0.462 e. The van der Waals surface area contributed by atoms with Crippen molar-refractivity contribution in [3.8, 4) is 11.3 Å². The van der Waals surface area contributed by atoms with Crippen LogP contribution in [0.25, 0.3) is 16.9 Å². The molecule has 0 atom stereocenters. The number of benzene rings is 1. The van der Waals surface area contributed by atoms with E-state index in [0.717, 1.165) is 5.56 Å². The van der Waals surface area contributed by atoms with Gasteiger partial charge < -0.3 is 14.8 Å². The summed E-state index contributed by atoms with van der Waals surface area (Å²) in [6.45, 7) is 4.25. The third kappa shape index (κ3) is 5.44. The van der Waals surface area contributed by atoms with Gasteiger partial charge in [0.15, 0.2) is 11.5 Å². The van der Waals surface area contributed by atoms with E-state index in [1.165, 1.54) is 0 Å². The molecule has 0 aliphatic heterocycles. The van der Waals surface area contributed by atoms with Gasteiger partial charge in [-0.1, -0.05) is 37.3 Å². The third-order valence-electron chi connectivity index (χ3n) is 5.03. The van der Waals surface area contributed by atoms with Gasteiger partial charge in [-0.3, -0.25) is 9.78 Å². The Hall–Kier alpha value is -4.11. The minimum Gasteiger partial charge on any atom is -0.462 e. The quantitative estimate of drug-likeness (QED) is 0.380. The average Bonchev–Trinajstić information content (AvgIpc) is 3.25. The molecule has 0 fully saturated rings. The molecule has 0 saturated heterocycles. The number of carbonyl (C=O) groups excluding carboxylic acids is 2. The van der Waals surface area contributed by atoms with E-state index in [0.29, 0.717) is 47.0 Å². The van der Waals surface area contributed by atoms with Crippen LogP contribution in [0.1, 0.15) is 35.5 Å². The Morgan fingerprint density at radius 2 is 1.91 bits per heavy atom. The van der Waals surface area contributed by atoms with Crippen molar-refractivity contribution in [1.82, 2.24) is 19.6 Å². The number of anilines is 1. The fourth-order valence-electron chi connectivity index (χ4n) is 3.41. The van der Waals surface area contributed by atoms with Crippen LogP contribution in [0.15, 0.2) is 60.9 Å². The normalized spacial score (nSPS) is 10.9. The summed E-state index contributed by atoms with van der Waals surface area (Å²) in [7, 11) is 0. The number of aromatic nitrogens is 4. The summed E-state index contributed by atoms with van der Waals surface area (Å²) in [6, 6.07) is 14.9. The second kappa shape index (κ2) is 10.7. The minimum absolute atomic E-state index is 0.0898. The minimum atomic E-state index is -0.406. The summed E-state index contributed by atoms with van der Waals surface area (Å²) < 4.78 is 12.2. The Morgan fingerprint density at radius 3 is 2.68 bits per heavy atom. The SMILES string of the molecule is CCOC(=O)c1cc(-c2ccc3nc(NC(=O)COCc4ccccc4)cn3n2)cnc1CC. The summed E-state index contributed by atoms with van der Waals surface area (Å²) in [4.78, 5) is 33.3. The summed E-state index contributed by atoms with van der Waals surface area (Å²) in [5, 5.41) is 7.28. The van der Waals surface area contributed by atoms with Gasteiger partial charge in [0.25, 0.3) is 5.91 Å². The molecule has 1 aromatic carbocycles. The fourth-order valence-corrected chi connectivity index (χ4v) is 3.41. The summed E-state index contributed by atoms with van der Waals surface area (Å²) in [5.74, 6) is -0.348. The maximum absolute atomic E-state index is 12.3. The number of nitrogens with one attached hydrogen (secondary N) is 1. The molecule has 0 bridgehead atoms. The zero-order valence-electron chi connectivity index (χ0n) is 19.0. The van der Waals surface area contributed by atoms with Gasteiger partial charge in [0.05, 0.1) is 36.4 Å². The molecule has 3 aromatic heterocycles. The highest BCUT2D eigenvalue weighted by Gasteiger charge is 2.16.